The summed E-state index contributed by atoms with van der Waals surface area (Å²) in [6.07, 6.45) is 18.3. The van der Waals surface area contributed by atoms with Crippen molar-refractivity contribution in [1.82, 2.24) is 0 Å². The fourth-order valence-electron chi connectivity index (χ4n) is 3.44. The topological polar surface area (TPSA) is 145 Å². The zero-order valence-electron chi connectivity index (χ0n) is 21.3. The molecule has 0 aromatic heterocycles. The highest BCUT2D eigenvalue weighted by atomic mass is 31.2. The predicted octanol–water partition coefficient (Wildman–Crippen LogP) is 5.73. The van der Waals surface area contributed by atoms with Gasteiger partial charge in [0.05, 0.1) is 13.2 Å². The first kappa shape index (κ1) is 33.0. The molecule has 3 unspecified atom stereocenters. The summed E-state index contributed by atoms with van der Waals surface area (Å²) in [7, 11) is -4.47. The first-order chi connectivity index (χ1) is 16.2. The lowest BCUT2D eigenvalue weighted by atomic mass is 10.0. The average Bonchev–Trinajstić information content (AvgIpc) is 2.78. The second-order valence-electron chi connectivity index (χ2n) is 9.01. The van der Waals surface area contributed by atoms with Gasteiger partial charge in [0, 0.05) is 6.42 Å². The highest BCUT2D eigenvalue weighted by molar-refractivity contribution is 7.47. The molecule has 0 aliphatic carbocycles. The number of nitrogens with two attached hydrogens (primary N) is 1. The normalized spacial score (nSPS) is 14.9. The van der Waals surface area contributed by atoms with Gasteiger partial charge in [-0.25, -0.2) is 4.57 Å². The Morgan fingerprint density at radius 3 is 1.65 bits per heavy atom. The van der Waals surface area contributed by atoms with Crippen molar-refractivity contribution < 1.29 is 37.9 Å². The SMILES string of the molecule is CCCCCCCCCCCCCCCCCC(=O)OC(C)COP(=O)(O)OCC(N)C(=O)O. The number of phosphoric acid groups is 1. The van der Waals surface area contributed by atoms with E-state index in [-0.39, 0.29) is 12.6 Å². The number of phosphoric ester groups is 1. The first-order valence-electron chi connectivity index (χ1n) is 13.0. The molecule has 4 N–H and O–H groups in total. The molecule has 9 nitrogen and oxygen atoms in total. The maximum atomic E-state index is 11.9. The molecule has 10 heteroatoms. The summed E-state index contributed by atoms with van der Waals surface area (Å²) in [5, 5.41) is 8.63. The van der Waals surface area contributed by atoms with Crippen molar-refractivity contribution in [2.45, 2.75) is 129 Å². The number of aliphatic carboxylic acids is 1. The molecule has 0 rings (SSSR count). The van der Waals surface area contributed by atoms with Crippen LogP contribution in [0, 0.1) is 0 Å². The van der Waals surface area contributed by atoms with E-state index in [4.69, 9.17) is 20.1 Å². The molecule has 0 aromatic carbocycles. The van der Waals surface area contributed by atoms with Gasteiger partial charge in [0.2, 0.25) is 0 Å². The summed E-state index contributed by atoms with van der Waals surface area (Å²) in [4.78, 5) is 32.0. The largest absolute Gasteiger partial charge is 0.480 e. The molecule has 0 amide bonds. The third-order valence-electron chi connectivity index (χ3n) is 5.52. The number of carbonyl (C=O) groups excluding carboxylic acids is 1. The van der Waals surface area contributed by atoms with E-state index >= 15 is 0 Å². The van der Waals surface area contributed by atoms with Gasteiger partial charge in [0.1, 0.15) is 12.1 Å². The average molecular weight is 510 g/mol. The van der Waals surface area contributed by atoms with Crippen molar-refractivity contribution >= 4 is 19.8 Å². The molecule has 0 heterocycles. The number of unbranched alkanes of at least 4 members (excludes halogenated alkanes) is 14. The minimum atomic E-state index is -4.47. The lowest BCUT2D eigenvalue weighted by Crippen LogP contribution is -2.34. The van der Waals surface area contributed by atoms with Crippen molar-refractivity contribution in [2.24, 2.45) is 5.73 Å². The molecule has 202 valence electrons. The summed E-state index contributed by atoms with van der Waals surface area (Å²) in [6.45, 7) is 2.77. The molecular formula is C24H48NO8P. The van der Waals surface area contributed by atoms with Gasteiger partial charge in [-0.3, -0.25) is 18.6 Å². The van der Waals surface area contributed by atoms with Crippen LogP contribution in [-0.2, 0) is 27.9 Å². The van der Waals surface area contributed by atoms with E-state index in [1.807, 2.05) is 0 Å². The van der Waals surface area contributed by atoms with E-state index in [9.17, 15) is 19.0 Å². The number of carboxylic acids is 1. The summed E-state index contributed by atoms with van der Waals surface area (Å²) >= 11 is 0. The lowest BCUT2D eigenvalue weighted by molar-refractivity contribution is -0.150. The highest BCUT2D eigenvalue weighted by Crippen LogP contribution is 2.43. The fraction of sp³-hybridized carbons (Fsp3) is 0.917. The molecule has 0 fully saturated rings. The smallest absolute Gasteiger partial charge is 0.472 e. The number of carbonyl (C=O) groups is 2. The first-order valence-corrected chi connectivity index (χ1v) is 14.5. The molecule has 34 heavy (non-hydrogen) atoms. The minimum absolute atomic E-state index is 0.295. The molecule has 0 aromatic rings. The molecule has 0 spiro atoms. The summed E-state index contributed by atoms with van der Waals surface area (Å²) in [5.41, 5.74) is 5.19. The van der Waals surface area contributed by atoms with Gasteiger partial charge in [-0.15, -0.1) is 0 Å². The number of rotatable bonds is 24. The zero-order valence-corrected chi connectivity index (χ0v) is 22.1. The van der Waals surface area contributed by atoms with Crippen molar-refractivity contribution in [3.05, 3.63) is 0 Å². The Hall–Kier alpha value is -0.990. The minimum Gasteiger partial charge on any atom is -0.480 e. The zero-order chi connectivity index (χ0) is 25.7. The van der Waals surface area contributed by atoms with Crippen LogP contribution in [0.3, 0.4) is 0 Å². The number of ether oxygens (including phenoxy) is 1. The standard InChI is InChI=1S/C24H48NO8P/c1-3-4-5-6-7-8-9-10-11-12-13-14-15-16-17-18-23(26)33-21(2)19-31-34(29,30)32-20-22(25)24(27)28/h21-22H,3-20,25H2,1-2H3,(H,27,28)(H,29,30). The Morgan fingerprint density at radius 2 is 1.21 bits per heavy atom. The molecule has 0 bridgehead atoms. The summed E-state index contributed by atoms with van der Waals surface area (Å²) < 4.78 is 26.1. The lowest BCUT2D eigenvalue weighted by Gasteiger charge is -2.17. The third-order valence-corrected chi connectivity index (χ3v) is 6.47. The van der Waals surface area contributed by atoms with Crippen LogP contribution in [0.1, 0.15) is 117 Å². The maximum Gasteiger partial charge on any atom is 0.472 e. The molecule has 0 aliphatic heterocycles. The maximum absolute atomic E-state index is 11.9. The van der Waals surface area contributed by atoms with Crippen molar-refractivity contribution in [2.75, 3.05) is 13.2 Å². The van der Waals surface area contributed by atoms with E-state index in [0.717, 1.165) is 19.3 Å². The van der Waals surface area contributed by atoms with Gasteiger partial charge in [0.15, 0.2) is 0 Å². The Labute approximate surface area is 205 Å². The second kappa shape index (κ2) is 21.3. The van der Waals surface area contributed by atoms with Crippen LogP contribution < -0.4 is 5.73 Å². The Kier molecular flexibility index (Phi) is 20.7. The molecule has 3 atom stereocenters. The van der Waals surface area contributed by atoms with E-state index in [2.05, 4.69) is 11.4 Å². The quantitative estimate of drug-likeness (QED) is 0.0844. The molecule has 0 radical (unpaired) electrons. The van der Waals surface area contributed by atoms with Crippen molar-refractivity contribution in [1.29, 1.82) is 0 Å². The molecule has 0 aliphatic rings. The van der Waals surface area contributed by atoms with Crippen LogP contribution in [0.15, 0.2) is 0 Å². The van der Waals surface area contributed by atoms with Gasteiger partial charge in [-0.1, -0.05) is 96.8 Å². The number of carboxylic acid groups (broad SMARTS) is 1. The Morgan fingerprint density at radius 1 is 0.794 bits per heavy atom. The fourth-order valence-corrected chi connectivity index (χ4v) is 4.26. The Balaban J connectivity index is 3.57. The third kappa shape index (κ3) is 21.5. The van der Waals surface area contributed by atoms with Crippen LogP contribution in [0.4, 0.5) is 0 Å². The van der Waals surface area contributed by atoms with Gasteiger partial charge < -0.3 is 20.5 Å². The van der Waals surface area contributed by atoms with E-state index < -0.39 is 32.5 Å². The molecule has 0 saturated carbocycles. The van der Waals surface area contributed by atoms with Gasteiger partial charge in [-0.05, 0) is 13.3 Å². The summed E-state index contributed by atoms with van der Waals surface area (Å²) in [6, 6.07) is -1.44. The molecular weight excluding hydrogens is 461 g/mol. The number of esters is 1. The van der Waals surface area contributed by atoms with Crippen molar-refractivity contribution in [3.8, 4) is 0 Å². The monoisotopic (exact) mass is 509 g/mol. The van der Waals surface area contributed by atoms with Crippen LogP contribution in [0.2, 0.25) is 0 Å². The predicted molar refractivity (Wildman–Crippen MR) is 132 cm³/mol. The van der Waals surface area contributed by atoms with Crippen LogP contribution in [-0.4, -0.2) is 47.3 Å². The second-order valence-corrected chi connectivity index (χ2v) is 10.5. The van der Waals surface area contributed by atoms with Gasteiger partial charge >= 0.3 is 19.8 Å². The van der Waals surface area contributed by atoms with Gasteiger partial charge in [-0.2, -0.15) is 0 Å². The van der Waals surface area contributed by atoms with Crippen LogP contribution in [0.5, 0.6) is 0 Å². The van der Waals surface area contributed by atoms with Crippen molar-refractivity contribution in [3.63, 3.8) is 0 Å². The van der Waals surface area contributed by atoms with Crippen LogP contribution in [0.25, 0.3) is 0 Å². The number of hydrogen-bond donors (Lipinski definition) is 3. The Bertz CT molecular complexity index is 575. The summed E-state index contributed by atoms with van der Waals surface area (Å²) in [5.74, 6) is -1.74. The van der Waals surface area contributed by atoms with E-state index in [1.54, 1.807) is 0 Å². The van der Waals surface area contributed by atoms with Gasteiger partial charge in [0.25, 0.3) is 0 Å². The van der Waals surface area contributed by atoms with E-state index in [1.165, 1.54) is 84.0 Å². The van der Waals surface area contributed by atoms with Crippen LogP contribution >= 0.6 is 7.82 Å². The number of hydrogen-bond acceptors (Lipinski definition) is 7. The van der Waals surface area contributed by atoms with E-state index in [0.29, 0.717) is 6.42 Å². The molecule has 0 saturated heterocycles. The highest BCUT2D eigenvalue weighted by Gasteiger charge is 2.26.